The monoisotopic (exact) mass is 356 g/mol. The molecule has 0 heterocycles. The lowest BCUT2D eigenvalue weighted by atomic mass is 10.1. The van der Waals surface area contributed by atoms with Gasteiger partial charge >= 0.3 is 0 Å². The Bertz CT molecular complexity index is 657. The van der Waals surface area contributed by atoms with Crippen LogP contribution in [-0.4, -0.2) is 45.4 Å². The molecule has 0 spiro atoms. The first-order chi connectivity index (χ1) is 11.2. The topological polar surface area (TPSA) is 75.7 Å². The van der Waals surface area contributed by atoms with E-state index in [2.05, 4.69) is 19.2 Å². The highest BCUT2D eigenvalue weighted by Gasteiger charge is 2.25. The molecule has 136 valence electrons. The predicted molar refractivity (Wildman–Crippen MR) is 94.6 cm³/mol. The number of aryl methyl sites for hydroxylation is 1. The first-order valence-electron chi connectivity index (χ1n) is 8.13. The molecule has 1 N–H and O–H groups in total. The molecule has 0 aromatic heterocycles. The third-order valence-corrected chi connectivity index (χ3v) is 5.64. The van der Waals surface area contributed by atoms with E-state index in [0.717, 1.165) is 12.0 Å². The van der Waals surface area contributed by atoms with Crippen molar-refractivity contribution in [2.75, 3.05) is 26.7 Å². The van der Waals surface area contributed by atoms with Crippen LogP contribution in [0.5, 0.6) is 5.75 Å². The van der Waals surface area contributed by atoms with Gasteiger partial charge in [0.05, 0.1) is 18.6 Å². The minimum atomic E-state index is -3.72. The fourth-order valence-electron chi connectivity index (χ4n) is 2.24. The van der Waals surface area contributed by atoms with Gasteiger partial charge in [0.25, 0.3) is 0 Å². The molecule has 0 aliphatic carbocycles. The number of amides is 1. The van der Waals surface area contributed by atoms with Gasteiger partial charge in [-0.2, -0.15) is 4.31 Å². The minimum absolute atomic E-state index is 0.164. The number of carbonyl (C=O) groups excluding carboxylic acids is 1. The molecular formula is C17H28N2O4S. The van der Waals surface area contributed by atoms with Crippen LogP contribution in [0.3, 0.4) is 0 Å². The molecule has 0 aliphatic rings. The van der Waals surface area contributed by atoms with E-state index in [0.29, 0.717) is 18.2 Å². The van der Waals surface area contributed by atoms with Crippen molar-refractivity contribution in [3.63, 3.8) is 0 Å². The molecule has 0 saturated carbocycles. The summed E-state index contributed by atoms with van der Waals surface area (Å²) in [6, 6.07) is 4.69. The lowest BCUT2D eigenvalue weighted by Gasteiger charge is -2.20. The molecule has 0 unspecified atom stereocenters. The summed E-state index contributed by atoms with van der Waals surface area (Å²) in [5, 5.41) is 2.77. The van der Waals surface area contributed by atoms with Crippen LogP contribution in [0.2, 0.25) is 0 Å². The Labute approximate surface area is 145 Å². The normalized spacial score (nSPS) is 11.8. The zero-order valence-corrected chi connectivity index (χ0v) is 15.9. The van der Waals surface area contributed by atoms with Crippen LogP contribution >= 0.6 is 0 Å². The molecule has 0 radical (unpaired) electrons. The van der Waals surface area contributed by atoms with E-state index in [4.69, 9.17) is 4.74 Å². The van der Waals surface area contributed by atoms with Crippen LogP contribution in [0.4, 0.5) is 0 Å². The van der Waals surface area contributed by atoms with Crippen molar-refractivity contribution in [2.45, 2.75) is 39.0 Å². The van der Waals surface area contributed by atoms with Crippen molar-refractivity contribution in [2.24, 2.45) is 5.92 Å². The molecular weight excluding hydrogens is 328 g/mol. The molecule has 1 aromatic carbocycles. The second-order valence-corrected chi connectivity index (χ2v) is 8.03. The van der Waals surface area contributed by atoms with E-state index in [1.54, 1.807) is 26.0 Å². The van der Waals surface area contributed by atoms with Gasteiger partial charge in [0.2, 0.25) is 15.9 Å². The third kappa shape index (κ3) is 5.49. The summed E-state index contributed by atoms with van der Waals surface area (Å²) in [6.07, 6.45) is 0.863. The Kier molecular flexibility index (Phi) is 7.69. The molecule has 6 nitrogen and oxygen atoms in total. The van der Waals surface area contributed by atoms with Crippen molar-refractivity contribution in [3.8, 4) is 5.75 Å². The first kappa shape index (κ1) is 20.4. The summed E-state index contributed by atoms with van der Waals surface area (Å²) < 4.78 is 31.8. The number of carbonyl (C=O) groups is 1. The van der Waals surface area contributed by atoms with Crippen molar-refractivity contribution >= 4 is 15.9 Å². The molecule has 1 amide bonds. The van der Waals surface area contributed by atoms with Gasteiger partial charge in [-0.3, -0.25) is 4.79 Å². The summed E-state index contributed by atoms with van der Waals surface area (Å²) in [6.45, 7) is 8.24. The quantitative estimate of drug-likeness (QED) is 0.736. The number of ether oxygens (including phenoxy) is 1. The van der Waals surface area contributed by atoms with Gasteiger partial charge in [0.1, 0.15) is 5.75 Å². The number of likely N-dealkylation sites (N-methyl/N-ethyl adjacent to an activating group) is 1. The second kappa shape index (κ2) is 9.03. The smallest absolute Gasteiger partial charge is 0.243 e. The van der Waals surface area contributed by atoms with Gasteiger partial charge in [-0.05, 0) is 43.0 Å². The highest BCUT2D eigenvalue weighted by Crippen LogP contribution is 2.23. The van der Waals surface area contributed by atoms with E-state index in [1.165, 1.54) is 17.5 Å². The van der Waals surface area contributed by atoms with E-state index in [1.807, 2.05) is 0 Å². The van der Waals surface area contributed by atoms with Crippen molar-refractivity contribution in [1.29, 1.82) is 0 Å². The SMILES string of the molecule is CCN(CC(=O)NCCC(C)C)S(=O)(=O)c1ccc(OC)c(C)c1. The summed E-state index contributed by atoms with van der Waals surface area (Å²) in [4.78, 5) is 12.2. The molecule has 7 heteroatoms. The van der Waals surface area contributed by atoms with Crippen LogP contribution in [-0.2, 0) is 14.8 Å². The maximum Gasteiger partial charge on any atom is 0.243 e. The van der Waals surface area contributed by atoms with Gasteiger partial charge in [0, 0.05) is 13.1 Å². The van der Waals surface area contributed by atoms with Gasteiger partial charge < -0.3 is 10.1 Å². The largest absolute Gasteiger partial charge is 0.496 e. The van der Waals surface area contributed by atoms with Gasteiger partial charge in [-0.15, -0.1) is 0 Å². The summed E-state index contributed by atoms with van der Waals surface area (Å²) in [5.74, 6) is 0.827. The number of hydrogen-bond donors (Lipinski definition) is 1. The number of sulfonamides is 1. The van der Waals surface area contributed by atoms with Crippen LogP contribution in [0.1, 0.15) is 32.8 Å². The van der Waals surface area contributed by atoms with Crippen molar-refractivity contribution in [1.82, 2.24) is 9.62 Å². The van der Waals surface area contributed by atoms with Gasteiger partial charge in [-0.1, -0.05) is 20.8 Å². The van der Waals surface area contributed by atoms with E-state index in [9.17, 15) is 13.2 Å². The molecule has 0 aliphatic heterocycles. The number of rotatable bonds is 9. The number of hydrogen-bond acceptors (Lipinski definition) is 4. The molecule has 24 heavy (non-hydrogen) atoms. The Morgan fingerprint density at radius 3 is 2.50 bits per heavy atom. The molecule has 0 saturated heterocycles. The average molecular weight is 356 g/mol. The Morgan fingerprint density at radius 2 is 2.00 bits per heavy atom. The van der Waals surface area contributed by atoms with E-state index >= 15 is 0 Å². The lowest BCUT2D eigenvalue weighted by molar-refractivity contribution is -0.121. The van der Waals surface area contributed by atoms with Gasteiger partial charge in [-0.25, -0.2) is 8.42 Å². The fraction of sp³-hybridized carbons (Fsp3) is 0.588. The van der Waals surface area contributed by atoms with Crippen LogP contribution in [0.25, 0.3) is 0 Å². The number of nitrogens with one attached hydrogen (secondary N) is 1. The minimum Gasteiger partial charge on any atom is -0.496 e. The third-order valence-electron chi connectivity index (χ3n) is 3.72. The predicted octanol–water partition coefficient (Wildman–Crippen LogP) is 2.18. The first-order valence-corrected chi connectivity index (χ1v) is 9.57. The molecule has 1 aromatic rings. The maximum atomic E-state index is 12.7. The maximum absolute atomic E-state index is 12.7. The standard InChI is InChI=1S/C17H28N2O4S/c1-6-19(12-17(20)18-10-9-13(2)3)24(21,22)15-7-8-16(23-5)14(4)11-15/h7-8,11,13H,6,9-10,12H2,1-5H3,(H,18,20). The van der Waals surface area contributed by atoms with E-state index < -0.39 is 10.0 Å². The Morgan fingerprint density at radius 1 is 1.33 bits per heavy atom. The summed E-state index contributed by atoms with van der Waals surface area (Å²) >= 11 is 0. The Balaban J connectivity index is 2.85. The number of benzene rings is 1. The van der Waals surface area contributed by atoms with Crippen molar-refractivity contribution < 1.29 is 17.9 Å². The fourth-order valence-corrected chi connectivity index (χ4v) is 3.73. The second-order valence-electron chi connectivity index (χ2n) is 6.10. The summed E-state index contributed by atoms with van der Waals surface area (Å²) in [5.41, 5.74) is 0.732. The zero-order valence-electron chi connectivity index (χ0n) is 15.1. The van der Waals surface area contributed by atoms with Crippen LogP contribution < -0.4 is 10.1 Å². The van der Waals surface area contributed by atoms with Gasteiger partial charge in [0.15, 0.2) is 0 Å². The van der Waals surface area contributed by atoms with Crippen LogP contribution in [0, 0.1) is 12.8 Å². The van der Waals surface area contributed by atoms with E-state index in [-0.39, 0.29) is 23.9 Å². The highest BCUT2D eigenvalue weighted by molar-refractivity contribution is 7.89. The number of methoxy groups -OCH3 is 1. The molecule has 0 fully saturated rings. The average Bonchev–Trinajstić information content (AvgIpc) is 2.51. The lowest BCUT2D eigenvalue weighted by Crippen LogP contribution is -2.41. The molecule has 0 bridgehead atoms. The van der Waals surface area contributed by atoms with Crippen molar-refractivity contribution in [3.05, 3.63) is 23.8 Å². The van der Waals surface area contributed by atoms with Crippen LogP contribution in [0.15, 0.2) is 23.1 Å². The Hall–Kier alpha value is -1.60. The highest BCUT2D eigenvalue weighted by atomic mass is 32.2. The molecule has 0 atom stereocenters. The zero-order chi connectivity index (χ0) is 18.3. The summed E-state index contributed by atoms with van der Waals surface area (Å²) in [7, 11) is -2.18. The molecule has 1 rings (SSSR count). The number of nitrogens with zero attached hydrogens (tertiary/aromatic N) is 1.